The fourth-order valence-corrected chi connectivity index (χ4v) is 3.42. The van der Waals surface area contributed by atoms with Crippen molar-refractivity contribution in [3.8, 4) is 5.69 Å². The minimum atomic E-state index is -0.210. The molecule has 2 aromatic heterocycles. The SMILES string of the molecule is Cc1ccc(-n2ncc3c(=O)n(CCC(=O)Nc4c(C)cccc4C)cnc32)cc1. The van der Waals surface area contributed by atoms with Crippen LogP contribution in [-0.4, -0.2) is 25.2 Å². The Morgan fingerprint density at radius 3 is 2.43 bits per heavy atom. The van der Waals surface area contributed by atoms with Crippen LogP contribution in [0.25, 0.3) is 16.7 Å². The molecule has 0 aliphatic carbocycles. The molecule has 2 heterocycles. The Kier molecular flexibility index (Phi) is 5.18. The van der Waals surface area contributed by atoms with Crippen molar-refractivity contribution in [3.05, 3.63) is 82.0 Å². The van der Waals surface area contributed by atoms with E-state index < -0.39 is 0 Å². The summed E-state index contributed by atoms with van der Waals surface area (Å²) >= 11 is 0. The van der Waals surface area contributed by atoms with Gasteiger partial charge in [0.25, 0.3) is 5.56 Å². The normalized spacial score (nSPS) is 11.0. The maximum Gasteiger partial charge on any atom is 0.264 e. The van der Waals surface area contributed by atoms with Crippen LogP contribution in [0.4, 0.5) is 5.69 Å². The zero-order valence-electron chi connectivity index (χ0n) is 17.2. The van der Waals surface area contributed by atoms with Crippen LogP contribution in [0, 0.1) is 20.8 Å². The fourth-order valence-electron chi connectivity index (χ4n) is 3.42. The lowest BCUT2D eigenvalue weighted by Gasteiger charge is -2.12. The van der Waals surface area contributed by atoms with E-state index in [1.54, 1.807) is 4.68 Å². The molecule has 0 bridgehead atoms. The van der Waals surface area contributed by atoms with Gasteiger partial charge in [-0.3, -0.25) is 14.2 Å². The van der Waals surface area contributed by atoms with Crippen molar-refractivity contribution in [1.82, 2.24) is 19.3 Å². The molecule has 2 aromatic carbocycles. The molecule has 0 fully saturated rings. The Morgan fingerprint density at radius 1 is 1.03 bits per heavy atom. The highest BCUT2D eigenvalue weighted by Crippen LogP contribution is 2.19. The van der Waals surface area contributed by atoms with Crippen molar-refractivity contribution in [2.75, 3.05) is 5.32 Å². The second-order valence-electron chi connectivity index (χ2n) is 7.44. The average molecular weight is 401 g/mol. The molecular weight excluding hydrogens is 378 g/mol. The molecule has 152 valence electrons. The number of aryl methyl sites for hydroxylation is 4. The predicted octanol–water partition coefficient (Wildman–Crippen LogP) is 3.54. The van der Waals surface area contributed by atoms with E-state index in [9.17, 15) is 9.59 Å². The number of benzene rings is 2. The first-order chi connectivity index (χ1) is 14.4. The molecule has 0 radical (unpaired) electrons. The van der Waals surface area contributed by atoms with Crippen LogP contribution in [0.3, 0.4) is 0 Å². The molecule has 4 aromatic rings. The first kappa shape index (κ1) is 19.6. The molecule has 30 heavy (non-hydrogen) atoms. The molecule has 0 spiro atoms. The molecular formula is C23H23N5O2. The zero-order valence-corrected chi connectivity index (χ0v) is 17.2. The van der Waals surface area contributed by atoms with Crippen molar-refractivity contribution in [2.45, 2.75) is 33.7 Å². The van der Waals surface area contributed by atoms with E-state index in [2.05, 4.69) is 15.4 Å². The predicted molar refractivity (Wildman–Crippen MR) is 117 cm³/mol. The van der Waals surface area contributed by atoms with Gasteiger partial charge in [-0.2, -0.15) is 5.10 Å². The van der Waals surface area contributed by atoms with Gasteiger partial charge >= 0.3 is 0 Å². The van der Waals surface area contributed by atoms with Gasteiger partial charge in [-0.1, -0.05) is 35.9 Å². The summed E-state index contributed by atoms with van der Waals surface area (Å²) in [6, 6.07) is 13.7. The number of aromatic nitrogens is 4. The number of amides is 1. The van der Waals surface area contributed by atoms with E-state index in [4.69, 9.17) is 0 Å². The van der Waals surface area contributed by atoms with Crippen LogP contribution >= 0.6 is 0 Å². The van der Waals surface area contributed by atoms with Gasteiger partial charge in [-0.25, -0.2) is 9.67 Å². The number of nitrogens with zero attached hydrogens (tertiary/aromatic N) is 4. The van der Waals surface area contributed by atoms with Gasteiger partial charge in [-0.05, 0) is 44.0 Å². The number of nitrogens with one attached hydrogen (secondary N) is 1. The summed E-state index contributed by atoms with van der Waals surface area (Å²) in [5, 5.41) is 7.70. The smallest absolute Gasteiger partial charge is 0.264 e. The molecule has 1 amide bonds. The third-order valence-corrected chi connectivity index (χ3v) is 5.16. The van der Waals surface area contributed by atoms with Crippen molar-refractivity contribution >= 4 is 22.6 Å². The lowest BCUT2D eigenvalue weighted by molar-refractivity contribution is -0.116. The molecule has 0 aliphatic heterocycles. The monoisotopic (exact) mass is 401 g/mol. The maximum atomic E-state index is 12.8. The topological polar surface area (TPSA) is 81.8 Å². The molecule has 0 saturated carbocycles. The summed E-state index contributed by atoms with van der Waals surface area (Å²) in [7, 11) is 0. The van der Waals surface area contributed by atoms with Gasteiger partial charge in [0, 0.05) is 18.7 Å². The zero-order chi connectivity index (χ0) is 21.3. The summed E-state index contributed by atoms with van der Waals surface area (Å²) in [5.74, 6) is -0.144. The average Bonchev–Trinajstić information content (AvgIpc) is 3.16. The quantitative estimate of drug-likeness (QED) is 0.555. The first-order valence-corrected chi connectivity index (χ1v) is 9.80. The van der Waals surface area contributed by atoms with Gasteiger partial charge in [0.15, 0.2) is 5.65 Å². The number of fused-ring (bicyclic) bond motifs is 1. The Balaban J connectivity index is 1.53. The van der Waals surface area contributed by atoms with Crippen LogP contribution in [0.5, 0.6) is 0 Å². The Bertz CT molecular complexity index is 1270. The first-order valence-electron chi connectivity index (χ1n) is 9.80. The van der Waals surface area contributed by atoms with E-state index in [-0.39, 0.29) is 24.4 Å². The highest BCUT2D eigenvalue weighted by molar-refractivity contribution is 5.92. The van der Waals surface area contributed by atoms with Gasteiger partial charge < -0.3 is 5.32 Å². The van der Waals surface area contributed by atoms with Crippen molar-refractivity contribution in [1.29, 1.82) is 0 Å². The summed E-state index contributed by atoms with van der Waals surface area (Å²) in [6.07, 6.45) is 3.17. The van der Waals surface area contributed by atoms with Crippen molar-refractivity contribution < 1.29 is 4.79 Å². The molecule has 0 unspecified atom stereocenters. The number of rotatable bonds is 5. The number of anilines is 1. The molecule has 4 rings (SSSR count). The van der Waals surface area contributed by atoms with Crippen LogP contribution in [0.2, 0.25) is 0 Å². The second-order valence-corrected chi connectivity index (χ2v) is 7.44. The van der Waals surface area contributed by atoms with Crippen molar-refractivity contribution in [3.63, 3.8) is 0 Å². The largest absolute Gasteiger partial charge is 0.326 e. The highest BCUT2D eigenvalue weighted by atomic mass is 16.2. The third-order valence-electron chi connectivity index (χ3n) is 5.16. The Hall–Kier alpha value is -3.74. The lowest BCUT2D eigenvalue weighted by Crippen LogP contribution is -2.24. The maximum absolute atomic E-state index is 12.8. The molecule has 0 aliphatic rings. The number of hydrogen-bond donors (Lipinski definition) is 1. The Morgan fingerprint density at radius 2 is 1.73 bits per heavy atom. The summed E-state index contributed by atoms with van der Waals surface area (Å²) in [4.78, 5) is 29.7. The van der Waals surface area contributed by atoms with E-state index in [0.29, 0.717) is 11.0 Å². The number of carbonyl (C=O) groups is 1. The molecule has 7 heteroatoms. The summed E-state index contributed by atoms with van der Waals surface area (Å²) < 4.78 is 3.10. The van der Waals surface area contributed by atoms with E-state index in [0.717, 1.165) is 28.1 Å². The number of hydrogen-bond acceptors (Lipinski definition) is 4. The summed E-state index contributed by atoms with van der Waals surface area (Å²) in [5.41, 5.74) is 5.11. The lowest BCUT2D eigenvalue weighted by atomic mass is 10.1. The number of carbonyl (C=O) groups excluding carboxylic acids is 1. The molecule has 0 saturated heterocycles. The van der Waals surface area contributed by atoms with Gasteiger partial charge in [0.2, 0.25) is 5.91 Å². The molecule has 7 nitrogen and oxygen atoms in total. The standard InChI is InChI=1S/C23H23N5O2/c1-15-7-9-18(10-8-15)28-22-19(13-25-28)23(30)27(14-24-22)12-11-20(29)26-21-16(2)5-4-6-17(21)3/h4-10,13-14H,11-12H2,1-3H3,(H,26,29). The second kappa shape index (κ2) is 7.94. The van der Waals surface area contributed by atoms with Crippen LogP contribution < -0.4 is 10.9 Å². The molecule has 0 atom stereocenters. The Labute approximate surface area is 174 Å². The van der Waals surface area contributed by atoms with Gasteiger partial charge in [0.05, 0.1) is 18.2 Å². The van der Waals surface area contributed by atoms with E-state index in [1.807, 2.05) is 63.2 Å². The summed E-state index contributed by atoms with van der Waals surface area (Å²) in [6.45, 7) is 6.17. The van der Waals surface area contributed by atoms with E-state index in [1.165, 1.54) is 17.1 Å². The van der Waals surface area contributed by atoms with Crippen molar-refractivity contribution in [2.24, 2.45) is 0 Å². The van der Waals surface area contributed by atoms with Gasteiger partial charge in [0.1, 0.15) is 5.39 Å². The minimum absolute atomic E-state index is 0.144. The van der Waals surface area contributed by atoms with Crippen LogP contribution in [0.1, 0.15) is 23.1 Å². The third kappa shape index (κ3) is 3.74. The fraction of sp³-hybridized carbons (Fsp3) is 0.217. The van der Waals surface area contributed by atoms with E-state index >= 15 is 0 Å². The number of para-hydroxylation sites is 1. The highest BCUT2D eigenvalue weighted by Gasteiger charge is 2.13. The van der Waals surface area contributed by atoms with Gasteiger partial charge in [-0.15, -0.1) is 0 Å². The molecule has 1 N–H and O–H groups in total. The minimum Gasteiger partial charge on any atom is -0.326 e. The van der Waals surface area contributed by atoms with Crippen LogP contribution in [0.15, 0.2) is 59.8 Å². The van der Waals surface area contributed by atoms with Crippen LogP contribution in [-0.2, 0) is 11.3 Å².